The fourth-order valence-electron chi connectivity index (χ4n) is 2.69. The van der Waals surface area contributed by atoms with Crippen molar-refractivity contribution in [2.75, 3.05) is 7.11 Å². The van der Waals surface area contributed by atoms with Crippen LogP contribution in [0.3, 0.4) is 0 Å². The Morgan fingerprint density at radius 2 is 1.81 bits per heavy atom. The standard InChI is InChI=1S/C21H20ClFN2O2/c1-26-20-10-17(13-25-12-16-3-2-8-24-11-16)9-19(22)21(20)27-14-15-4-6-18(23)7-5-15/h2-11,25H,12-14H2,1H3/p+1. The van der Waals surface area contributed by atoms with Gasteiger partial charge in [-0.1, -0.05) is 29.8 Å². The number of nitrogens with two attached hydrogens (primary N) is 1. The monoisotopic (exact) mass is 387 g/mol. The van der Waals surface area contributed by atoms with E-state index in [4.69, 9.17) is 21.1 Å². The van der Waals surface area contributed by atoms with E-state index in [1.165, 1.54) is 12.1 Å². The van der Waals surface area contributed by atoms with Crippen molar-refractivity contribution in [3.8, 4) is 11.5 Å². The molecule has 0 fully saturated rings. The van der Waals surface area contributed by atoms with Gasteiger partial charge in [-0.05, 0) is 35.9 Å². The average Bonchev–Trinajstić information content (AvgIpc) is 2.69. The maximum atomic E-state index is 13.0. The van der Waals surface area contributed by atoms with Gasteiger partial charge in [0, 0.05) is 23.5 Å². The molecule has 0 aliphatic carbocycles. The summed E-state index contributed by atoms with van der Waals surface area (Å²) in [4.78, 5) is 4.12. The Morgan fingerprint density at radius 3 is 2.52 bits per heavy atom. The maximum absolute atomic E-state index is 13.0. The third-order valence-corrected chi connectivity index (χ3v) is 4.35. The van der Waals surface area contributed by atoms with Crippen molar-refractivity contribution >= 4 is 11.6 Å². The number of methoxy groups -OCH3 is 1. The third kappa shape index (κ3) is 5.42. The summed E-state index contributed by atoms with van der Waals surface area (Å²) in [7, 11) is 1.58. The van der Waals surface area contributed by atoms with Crippen LogP contribution < -0.4 is 14.8 Å². The summed E-state index contributed by atoms with van der Waals surface area (Å²) >= 11 is 6.41. The van der Waals surface area contributed by atoms with E-state index in [0.29, 0.717) is 16.5 Å². The smallest absolute Gasteiger partial charge is 0.180 e. The van der Waals surface area contributed by atoms with E-state index < -0.39 is 0 Å². The number of aromatic nitrogens is 1. The van der Waals surface area contributed by atoms with Crippen molar-refractivity contribution in [2.45, 2.75) is 19.7 Å². The first-order chi connectivity index (χ1) is 13.2. The van der Waals surface area contributed by atoms with Crippen LogP contribution in [0.1, 0.15) is 16.7 Å². The first-order valence-electron chi connectivity index (χ1n) is 8.60. The lowest BCUT2D eigenvalue weighted by Gasteiger charge is -2.14. The summed E-state index contributed by atoms with van der Waals surface area (Å²) in [5.41, 5.74) is 3.05. The topological polar surface area (TPSA) is 48.0 Å². The van der Waals surface area contributed by atoms with Gasteiger partial charge in [0.1, 0.15) is 25.5 Å². The lowest BCUT2D eigenvalue weighted by Crippen LogP contribution is -2.80. The number of hydrogen-bond acceptors (Lipinski definition) is 3. The van der Waals surface area contributed by atoms with Crippen LogP contribution in [0, 0.1) is 5.82 Å². The van der Waals surface area contributed by atoms with E-state index in [-0.39, 0.29) is 12.4 Å². The van der Waals surface area contributed by atoms with E-state index in [2.05, 4.69) is 10.3 Å². The average molecular weight is 388 g/mol. The summed E-state index contributed by atoms with van der Waals surface area (Å²) in [6.45, 7) is 1.86. The number of rotatable bonds is 8. The van der Waals surface area contributed by atoms with Gasteiger partial charge in [-0.15, -0.1) is 0 Å². The molecule has 0 spiro atoms. The summed E-state index contributed by atoms with van der Waals surface area (Å²) in [6, 6.07) is 13.9. The van der Waals surface area contributed by atoms with Crippen LogP contribution in [0.4, 0.5) is 4.39 Å². The van der Waals surface area contributed by atoms with Crippen molar-refractivity contribution < 1.29 is 19.2 Å². The highest BCUT2D eigenvalue weighted by atomic mass is 35.5. The second-order valence-electron chi connectivity index (χ2n) is 6.08. The molecule has 0 saturated heterocycles. The zero-order valence-corrected chi connectivity index (χ0v) is 15.7. The van der Waals surface area contributed by atoms with Crippen LogP contribution in [0.2, 0.25) is 5.02 Å². The molecule has 4 nitrogen and oxygen atoms in total. The second-order valence-corrected chi connectivity index (χ2v) is 6.49. The summed E-state index contributed by atoms with van der Waals surface area (Å²) in [5, 5.41) is 2.66. The van der Waals surface area contributed by atoms with Gasteiger partial charge in [-0.2, -0.15) is 0 Å². The first-order valence-corrected chi connectivity index (χ1v) is 8.97. The predicted octanol–water partition coefficient (Wildman–Crippen LogP) is 3.73. The van der Waals surface area contributed by atoms with E-state index in [9.17, 15) is 4.39 Å². The molecule has 140 valence electrons. The van der Waals surface area contributed by atoms with E-state index in [0.717, 1.165) is 29.8 Å². The van der Waals surface area contributed by atoms with Crippen LogP contribution in [0.25, 0.3) is 0 Å². The van der Waals surface area contributed by atoms with Gasteiger partial charge in [0.15, 0.2) is 11.5 Å². The molecule has 2 N–H and O–H groups in total. The number of hydrogen-bond donors (Lipinski definition) is 1. The second kappa shape index (κ2) is 9.35. The Labute approximate surface area is 162 Å². The van der Waals surface area contributed by atoms with Crippen LogP contribution in [0.5, 0.6) is 11.5 Å². The van der Waals surface area contributed by atoms with Gasteiger partial charge in [-0.25, -0.2) is 4.39 Å². The number of nitrogens with zero attached hydrogens (tertiary/aromatic N) is 1. The number of ether oxygens (including phenoxy) is 2. The molecular formula is C21H21ClFN2O2+. The van der Waals surface area contributed by atoms with Gasteiger partial charge in [0.25, 0.3) is 0 Å². The minimum absolute atomic E-state index is 0.277. The molecule has 3 rings (SSSR count). The summed E-state index contributed by atoms with van der Waals surface area (Å²) in [5.74, 6) is 0.787. The van der Waals surface area contributed by atoms with Gasteiger partial charge < -0.3 is 14.8 Å². The molecule has 1 heterocycles. The van der Waals surface area contributed by atoms with Crippen molar-refractivity contribution in [1.29, 1.82) is 0 Å². The van der Waals surface area contributed by atoms with Crippen molar-refractivity contribution in [3.63, 3.8) is 0 Å². The fraction of sp³-hybridized carbons (Fsp3) is 0.190. The fourth-order valence-corrected chi connectivity index (χ4v) is 2.98. The van der Waals surface area contributed by atoms with E-state index in [1.807, 2.05) is 30.5 Å². The number of benzene rings is 2. The molecule has 27 heavy (non-hydrogen) atoms. The third-order valence-electron chi connectivity index (χ3n) is 4.07. The minimum Gasteiger partial charge on any atom is -0.493 e. The summed E-state index contributed by atoms with van der Waals surface area (Å²) in [6.07, 6.45) is 3.62. The molecule has 0 saturated carbocycles. The molecule has 0 bridgehead atoms. The number of pyridine rings is 1. The van der Waals surface area contributed by atoms with Crippen LogP contribution in [-0.4, -0.2) is 12.1 Å². The van der Waals surface area contributed by atoms with Crippen molar-refractivity contribution in [3.05, 3.63) is 88.5 Å². The number of halogens is 2. The summed E-state index contributed by atoms with van der Waals surface area (Å²) < 4.78 is 24.3. The SMILES string of the molecule is COc1cc(C[NH2+]Cc2cccnc2)cc(Cl)c1OCc1ccc(F)cc1. The quantitative estimate of drug-likeness (QED) is 0.640. The predicted molar refractivity (Wildman–Crippen MR) is 102 cm³/mol. The highest BCUT2D eigenvalue weighted by molar-refractivity contribution is 6.32. The zero-order valence-electron chi connectivity index (χ0n) is 15.0. The van der Waals surface area contributed by atoms with Crippen LogP contribution in [0.15, 0.2) is 60.9 Å². The Morgan fingerprint density at radius 1 is 1.04 bits per heavy atom. The molecular weight excluding hydrogens is 367 g/mol. The molecule has 0 amide bonds. The lowest BCUT2D eigenvalue weighted by atomic mass is 10.2. The van der Waals surface area contributed by atoms with E-state index in [1.54, 1.807) is 25.4 Å². The van der Waals surface area contributed by atoms with Crippen LogP contribution >= 0.6 is 11.6 Å². The molecule has 0 unspecified atom stereocenters. The van der Waals surface area contributed by atoms with Crippen LogP contribution in [-0.2, 0) is 19.7 Å². The van der Waals surface area contributed by atoms with E-state index >= 15 is 0 Å². The van der Waals surface area contributed by atoms with Gasteiger partial charge in [-0.3, -0.25) is 4.98 Å². The first kappa shape index (κ1) is 19.1. The molecule has 0 aliphatic rings. The molecule has 0 atom stereocenters. The Kier molecular flexibility index (Phi) is 6.63. The van der Waals surface area contributed by atoms with Gasteiger partial charge >= 0.3 is 0 Å². The molecule has 3 aromatic rings. The maximum Gasteiger partial charge on any atom is 0.180 e. The number of quaternary nitrogens is 1. The molecule has 2 aromatic carbocycles. The molecule has 0 radical (unpaired) electrons. The highest BCUT2D eigenvalue weighted by Gasteiger charge is 2.13. The zero-order chi connectivity index (χ0) is 19.1. The normalized spacial score (nSPS) is 10.6. The Balaban J connectivity index is 1.64. The van der Waals surface area contributed by atoms with Gasteiger partial charge in [0.05, 0.1) is 12.1 Å². The minimum atomic E-state index is -0.277. The lowest BCUT2D eigenvalue weighted by molar-refractivity contribution is -0.686. The molecule has 1 aromatic heterocycles. The molecule has 0 aliphatic heterocycles. The van der Waals surface area contributed by atoms with Gasteiger partial charge in [0.2, 0.25) is 0 Å². The van der Waals surface area contributed by atoms with Crippen molar-refractivity contribution in [2.24, 2.45) is 0 Å². The Hall–Kier alpha value is -2.63. The largest absolute Gasteiger partial charge is 0.493 e. The van der Waals surface area contributed by atoms with Crippen molar-refractivity contribution in [1.82, 2.24) is 4.98 Å². The Bertz CT molecular complexity index is 873. The molecule has 6 heteroatoms. The highest BCUT2D eigenvalue weighted by Crippen LogP contribution is 2.36.